The highest BCUT2D eigenvalue weighted by Crippen LogP contribution is 2.17. The average molecular weight is 316 g/mol. The van der Waals surface area contributed by atoms with Gasteiger partial charge in [0, 0.05) is 17.6 Å². The Morgan fingerprint density at radius 1 is 1.26 bits per heavy atom. The molecule has 1 amide bonds. The highest BCUT2D eigenvalue weighted by molar-refractivity contribution is 5.98. The van der Waals surface area contributed by atoms with Gasteiger partial charge in [-0.05, 0) is 36.8 Å². The Kier molecular flexibility index (Phi) is 5.41. The predicted molar refractivity (Wildman–Crippen MR) is 83.4 cm³/mol. The van der Waals surface area contributed by atoms with E-state index in [1.54, 1.807) is 24.4 Å². The van der Waals surface area contributed by atoms with Crippen molar-refractivity contribution in [2.75, 3.05) is 18.6 Å². The van der Waals surface area contributed by atoms with Crippen molar-refractivity contribution in [3.63, 3.8) is 0 Å². The SMILES string of the molecule is COC(=O)CN(C(=O)Cc1ccc(C)nc1)c1cccc(F)c1. The Morgan fingerprint density at radius 2 is 2.04 bits per heavy atom. The van der Waals surface area contributed by atoms with Crippen molar-refractivity contribution in [3.8, 4) is 0 Å². The first kappa shape index (κ1) is 16.6. The molecule has 2 rings (SSSR count). The van der Waals surface area contributed by atoms with E-state index in [-0.39, 0.29) is 18.9 Å². The van der Waals surface area contributed by atoms with Crippen molar-refractivity contribution < 1.29 is 18.7 Å². The van der Waals surface area contributed by atoms with Crippen LogP contribution in [0.4, 0.5) is 10.1 Å². The van der Waals surface area contributed by atoms with Crippen molar-refractivity contribution in [1.82, 2.24) is 4.98 Å². The summed E-state index contributed by atoms with van der Waals surface area (Å²) < 4.78 is 18.0. The number of methoxy groups -OCH3 is 1. The zero-order valence-corrected chi connectivity index (χ0v) is 13.0. The fourth-order valence-electron chi connectivity index (χ4n) is 2.03. The van der Waals surface area contributed by atoms with Crippen LogP contribution in [0.25, 0.3) is 0 Å². The first-order valence-corrected chi connectivity index (χ1v) is 7.04. The lowest BCUT2D eigenvalue weighted by molar-refractivity contribution is -0.140. The molecule has 0 spiro atoms. The Labute approximate surface area is 133 Å². The maximum Gasteiger partial charge on any atom is 0.325 e. The number of hydrogen-bond donors (Lipinski definition) is 0. The Bertz CT molecular complexity index is 701. The molecular formula is C17H17FN2O3. The Hall–Kier alpha value is -2.76. The third kappa shape index (κ3) is 4.60. The number of carbonyl (C=O) groups excluding carboxylic acids is 2. The fraction of sp³-hybridized carbons (Fsp3) is 0.235. The van der Waals surface area contributed by atoms with Crippen molar-refractivity contribution in [2.45, 2.75) is 13.3 Å². The number of rotatable bonds is 5. The van der Waals surface area contributed by atoms with Gasteiger partial charge in [0.15, 0.2) is 0 Å². The summed E-state index contributed by atoms with van der Waals surface area (Å²) in [6.07, 6.45) is 1.66. The van der Waals surface area contributed by atoms with Crippen LogP contribution in [-0.4, -0.2) is 30.5 Å². The summed E-state index contributed by atoms with van der Waals surface area (Å²) in [7, 11) is 1.24. The molecule has 0 atom stereocenters. The number of aromatic nitrogens is 1. The highest BCUT2D eigenvalue weighted by Gasteiger charge is 2.20. The van der Waals surface area contributed by atoms with Gasteiger partial charge in [0.2, 0.25) is 5.91 Å². The molecule has 5 nitrogen and oxygen atoms in total. The van der Waals surface area contributed by atoms with Crippen LogP contribution in [-0.2, 0) is 20.7 Å². The average Bonchev–Trinajstić information content (AvgIpc) is 2.54. The van der Waals surface area contributed by atoms with Crippen LogP contribution in [0.5, 0.6) is 0 Å². The van der Waals surface area contributed by atoms with Crippen LogP contribution in [0.1, 0.15) is 11.3 Å². The van der Waals surface area contributed by atoms with Crippen LogP contribution in [0.3, 0.4) is 0 Å². The lowest BCUT2D eigenvalue weighted by atomic mass is 10.1. The Balaban J connectivity index is 2.23. The number of esters is 1. The predicted octanol–water partition coefficient (Wildman–Crippen LogP) is 2.28. The third-order valence-corrected chi connectivity index (χ3v) is 3.26. The molecular weight excluding hydrogens is 299 g/mol. The number of carbonyl (C=O) groups is 2. The molecule has 0 unspecified atom stereocenters. The number of hydrogen-bond acceptors (Lipinski definition) is 4. The number of nitrogens with zero attached hydrogens (tertiary/aromatic N) is 2. The van der Waals surface area contributed by atoms with Gasteiger partial charge in [0.25, 0.3) is 0 Å². The number of ether oxygens (including phenoxy) is 1. The minimum atomic E-state index is -0.579. The zero-order valence-electron chi connectivity index (χ0n) is 13.0. The lowest BCUT2D eigenvalue weighted by Crippen LogP contribution is -2.37. The minimum absolute atomic E-state index is 0.0563. The maximum atomic E-state index is 13.4. The monoisotopic (exact) mass is 316 g/mol. The van der Waals surface area contributed by atoms with Crippen LogP contribution in [0.2, 0.25) is 0 Å². The normalized spacial score (nSPS) is 10.2. The Morgan fingerprint density at radius 3 is 2.65 bits per heavy atom. The molecule has 0 aliphatic heterocycles. The van der Waals surface area contributed by atoms with Gasteiger partial charge in [-0.1, -0.05) is 12.1 Å². The largest absolute Gasteiger partial charge is 0.468 e. The van der Waals surface area contributed by atoms with Gasteiger partial charge in [-0.2, -0.15) is 0 Å². The van der Waals surface area contributed by atoms with Gasteiger partial charge >= 0.3 is 5.97 Å². The molecule has 6 heteroatoms. The van der Waals surface area contributed by atoms with E-state index in [1.165, 1.54) is 30.2 Å². The van der Waals surface area contributed by atoms with Crippen LogP contribution in [0, 0.1) is 12.7 Å². The van der Waals surface area contributed by atoms with Crippen molar-refractivity contribution in [2.24, 2.45) is 0 Å². The molecule has 0 N–H and O–H groups in total. The number of amides is 1. The van der Waals surface area contributed by atoms with Gasteiger partial charge in [0.1, 0.15) is 12.4 Å². The molecule has 0 aliphatic rings. The minimum Gasteiger partial charge on any atom is -0.468 e. The molecule has 1 aromatic heterocycles. The smallest absolute Gasteiger partial charge is 0.325 e. The molecule has 0 bridgehead atoms. The maximum absolute atomic E-state index is 13.4. The molecule has 2 aromatic rings. The number of anilines is 1. The van der Waals surface area contributed by atoms with E-state index >= 15 is 0 Å². The second-order valence-electron chi connectivity index (χ2n) is 5.02. The van der Waals surface area contributed by atoms with E-state index in [4.69, 9.17) is 0 Å². The summed E-state index contributed by atoms with van der Waals surface area (Å²) in [5, 5.41) is 0. The van der Waals surface area contributed by atoms with Crippen LogP contribution in [0.15, 0.2) is 42.6 Å². The topological polar surface area (TPSA) is 59.5 Å². The first-order valence-electron chi connectivity index (χ1n) is 7.04. The highest BCUT2D eigenvalue weighted by atomic mass is 19.1. The molecule has 120 valence electrons. The van der Waals surface area contributed by atoms with Gasteiger partial charge in [0.05, 0.1) is 13.5 Å². The van der Waals surface area contributed by atoms with Gasteiger partial charge in [-0.3, -0.25) is 14.6 Å². The molecule has 0 fully saturated rings. The third-order valence-electron chi connectivity index (χ3n) is 3.26. The van der Waals surface area contributed by atoms with Gasteiger partial charge in [-0.25, -0.2) is 4.39 Å². The molecule has 0 radical (unpaired) electrons. The lowest BCUT2D eigenvalue weighted by Gasteiger charge is -2.21. The van der Waals surface area contributed by atoms with Crippen molar-refractivity contribution in [1.29, 1.82) is 0 Å². The first-order chi connectivity index (χ1) is 11.0. The standard InChI is InChI=1S/C17H17FN2O3/c1-12-6-7-13(10-19-12)8-16(21)20(11-17(22)23-2)15-5-3-4-14(18)9-15/h3-7,9-10H,8,11H2,1-2H3. The van der Waals surface area contributed by atoms with Crippen LogP contribution >= 0.6 is 0 Å². The molecule has 1 heterocycles. The second kappa shape index (κ2) is 7.49. The van der Waals surface area contributed by atoms with Crippen LogP contribution < -0.4 is 4.90 Å². The quantitative estimate of drug-likeness (QED) is 0.794. The second-order valence-corrected chi connectivity index (χ2v) is 5.02. The molecule has 0 saturated heterocycles. The van der Waals surface area contributed by atoms with E-state index in [1.807, 2.05) is 6.92 Å². The summed E-state index contributed by atoms with van der Waals surface area (Å²) in [5.41, 5.74) is 1.87. The summed E-state index contributed by atoms with van der Waals surface area (Å²) in [5.74, 6) is -1.40. The number of benzene rings is 1. The molecule has 1 aromatic carbocycles. The fourth-order valence-corrected chi connectivity index (χ4v) is 2.03. The van der Waals surface area contributed by atoms with E-state index in [9.17, 15) is 14.0 Å². The molecule has 0 saturated carbocycles. The summed E-state index contributed by atoms with van der Waals surface area (Å²) in [4.78, 5) is 29.4. The van der Waals surface area contributed by atoms with Gasteiger partial charge < -0.3 is 9.64 Å². The van der Waals surface area contributed by atoms with Crippen molar-refractivity contribution >= 4 is 17.6 Å². The summed E-state index contributed by atoms with van der Waals surface area (Å²) in [6.45, 7) is 1.57. The summed E-state index contributed by atoms with van der Waals surface area (Å²) in [6, 6.07) is 9.12. The van der Waals surface area contributed by atoms with Crippen molar-refractivity contribution in [3.05, 3.63) is 59.7 Å². The van der Waals surface area contributed by atoms with E-state index < -0.39 is 11.8 Å². The van der Waals surface area contributed by atoms with E-state index in [2.05, 4.69) is 9.72 Å². The molecule has 23 heavy (non-hydrogen) atoms. The number of halogens is 1. The zero-order chi connectivity index (χ0) is 16.8. The van der Waals surface area contributed by atoms with E-state index in [0.717, 1.165) is 5.69 Å². The number of pyridine rings is 1. The summed E-state index contributed by atoms with van der Waals surface area (Å²) >= 11 is 0. The molecule has 0 aliphatic carbocycles. The van der Waals surface area contributed by atoms with E-state index in [0.29, 0.717) is 11.3 Å². The number of aryl methyl sites for hydroxylation is 1. The van der Waals surface area contributed by atoms with Gasteiger partial charge in [-0.15, -0.1) is 0 Å².